The number of carbonyl (C=O) groups is 1. The van der Waals surface area contributed by atoms with Gasteiger partial charge in [0.25, 0.3) is 15.9 Å². The number of fused-ring (bicyclic) bond motifs is 1. The summed E-state index contributed by atoms with van der Waals surface area (Å²) in [4.78, 5) is 15.1. The Morgan fingerprint density at radius 1 is 1.16 bits per heavy atom. The van der Waals surface area contributed by atoms with Crippen molar-refractivity contribution >= 4 is 21.6 Å². The van der Waals surface area contributed by atoms with Crippen molar-refractivity contribution < 1.29 is 22.7 Å². The second-order valence-corrected chi connectivity index (χ2v) is 10.7. The molecule has 2 aliphatic heterocycles. The van der Waals surface area contributed by atoms with E-state index >= 15 is 0 Å². The molecule has 2 aromatic carbocycles. The van der Waals surface area contributed by atoms with Gasteiger partial charge in [0.2, 0.25) is 0 Å². The fourth-order valence-electron chi connectivity index (χ4n) is 4.40. The molecule has 8 heteroatoms. The van der Waals surface area contributed by atoms with Crippen LogP contribution in [0.15, 0.2) is 63.1 Å². The van der Waals surface area contributed by atoms with Crippen LogP contribution in [0.25, 0.3) is 0 Å². The average molecular weight is 457 g/mol. The third-order valence-corrected chi connectivity index (χ3v) is 7.17. The van der Waals surface area contributed by atoms with E-state index in [2.05, 4.69) is 4.40 Å². The zero-order chi connectivity index (χ0) is 23.4. The van der Waals surface area contributed by atoms with Crippen molar-refractivity contribution in [2.75, 3.05) is 0 Å². The van der Waals surface area contributed by atoms with Crippen LogP contribution in [0, 0.1) is 11.2 Å². The quantitative estimate of drug-likeness (QED) is 0.749. The minimum atomic E-state index is -3.95. The number of benzene rings is 2. The van der Waals surface area contributed by atoms with Gasteiger partial charge in [0, 0.05) is 12.1 Å². The number of halogens is 1. The number of nitrogens with zero attached hydrogens (tertiary/aromatic N) is 2. The Morgan fingerprint density at radius 3 is 2.50 bits per heavy atom. The zero-order valence-electron chi connectivity index (χ0n) is 18.4. The Morgan fingerprint density at radius 2 is 1.84 bits per heavy atom. The first kappa shape index (κ1) is 22.2. The standard InChI is InChI=1S/C24H25FN2O4S/c1-5-15-12-14(10-11-17(15)25)13-27-22(24(2,3)4)21(28)19(23(27)29)20-16-8-6-7-9-18(16)32(30,31)26-20/h6-12,22,28H,5,13H2,1-4H3/t22-/m1/s1. The van der Waals surface area contributed by atoms with Crippen LogP contribution in [0.4, 0.5) is 4.39 Å². The molecule has 0 bridgehead atoms. The molecular weight excluding hydrogens is 431 g/mol. The van der Waals surface area contributed by atoms with Gasteiger partial charge >= 0.3 is 0 Å². The summed E-state index contributed by atoms with van der Waals surface area (Å²) in [6, 6.07) is 10.3. The summed E-state index contributed by atoms with van der Waals surface area (Å²) in [5, 5.41) is 11.2. The monoisotopic (exact) mass is 456 g/mol. The second-order valence-electron chi connectivity index (χ2n) is 9.15. The molecule has 0 fully saturated rings. The van der Waals surface area contributed by atoms with Crippen LogP contribution >= 0.6 is 0 Å². The molecule has 2 aliphatic rings. The molecule has 168 valence electrons. The normalized spacial score (nSPS) is 20.0. The predicted molar refractivity (Wildman–Crippen MR) is 119 cm³/mol. The van der Waals surface area contributed by atoms with Crippen LogP contribution < -0.4 is 0 Å². The van der Waals surface area contributed by atoms with Crippen LogP contribution in [-0.4, -0.2) is 36.1 Å². The summed E-state index contributed by atoms with van der Waals surface area (Å²) in [5.74, 6) is -1.01. The lowest BCUT2D eigenvalue weighted by atomic mass is 9.84. The highest BCUT2D eigenvalue weighted by Gasteiger charge is 2.48. The van der Waals surface area contributed by atoms with Crippen LogP contribution in [-0.2, 0) is 27.8 Å². The highest BCUT2D eigenvalue weighted by Crippen LogP contribution is 2.40. The summed E-state index contributed by atoms with van der Waals surface area (Å²) in [5.41, 5.74) is 0.879. The Bertz CT molecular complexity index is 1290. The number of amides is 1. The molecule has 1 atom stereocenters. The molecule has 0 saturated carbocycles. The Balaban J connectivity index is 1.81. The summed E-state index contributed by atoms with van der Waals surface area (Å²) in [6.45, 7) is 7.66. The third-order valence-electron chi connectivity index (χ3n) is 5.83. The fourth-order valence-corrected chi connectivity index (χ4v) is 5.62. The van der Waals surface area contributed by atoms with Gasteiger partial charge < -0.3 is 10.0 Å². The van der Waals surface area contributed by atoms with Crippen molar-refractivity contribution in [2.45, 2.75) is 51.6 Å². The van der Waals surface area contributed by atoms with Gasteiger partial charge in [-0.25, -0.2) is 4.39 Å². The molecule has 0 spiro atoms. The molecule has 0 radical (unpaired) electrons. The summed E-state index contributed by atoms with van der Waals surface area (Å²) >= 11 is 0. The number of hydrogen-bond donors (Lipinski definition) is 1. The van der Waals surface area contributed by atoms with E-state index in [1.54, 1.807) is 30.3 Å². The van der Waals surface area contributed by atoms with Gasteiger partial charge in [-0.2, -0.15) is 12.8 Å². The van der Waals surface area contributed by atoms with Gasteiger partial charge in [-0.1, -0.05) is 58.0 Å². The van der Waals surface area contributed by atoms with E-state index in [1.165, 1.54) is 17.0 Å². The molecule has 1 amide bonds. The molecule has 0 aromatic heterocycles. The maximum Gasteiger partial charge on any atom is 0.283 e. The van der Waals surface area contributed by atoms with Gasteiger partial charge in [0.05, 0.1) is 10.9 Å². The topological polar surface area (TPSA) is 87.0 Å². The summed E-state index contributed by atoms with van der Waals surface area (Å²) < 4.78 is 42.9. The number of hydrogen-bond acceptors (Lipinski definition) is 4. The largest absolute Gasteiger partial charge is 0.509 e. The van der Waals surface area contributed by atoms with E-state index in [-0.39, 0.29) is 34.3 Å². The number of aliphatic hydroxyl groups excluding tert-OH is 1. The van der Waals surface area contributed by atoms with Gasteiger partial charge in [0.1, 0.15) is 22.9 Å². The van der Waals surface area contributed by atoms with E-state index in [9.17, 15) is 22.7 Å². The minimum absolute atomic E-state index is 0.0139. The van der Waals surface area contributed by atoms with Crippen LogP contribution in [0.5, 0.6) is 0 Å². The highest BCUT2D eigenvalue weighted by molar-refractivity contribution is 7.90. The Hall–Kier alpha value is -3.00. The lowest BCUT2D eigenvalue weighted by molar-refractivity contribution is -0.129. The smallest absolute Gasteiger partial charge is 0.283 e. The Labute approximate surface area is 187 Å². The predicted octanol–water partition coefficient (Wildman–Crippen LogP) is 4.15. The van der Waals surface area contributed by atoms with Crippen molar-refractivity contribution in [3.8, 4) is 0 Å². The average Bonchev–Trinajstić information content (AvgIpc) is 3.13. The molecule has 1 N–H and O–H groups in total. The van der Waals surface area contributed by atoms with Crippen LogP contribution in [0.2, 0.25) is 0 Å². The molecule has 4 rings (SSSR count). The van der Waals surface area contributed by atoms with Gasteiger partial charge in [0.15, 0.2) is 0 Å². The fraction of sp³-hybridized carbons (Fsp3) is 0.333. The van der Waals surface area contributed by atoms with Crippen molar-refractivity contribution in [1.29, 1.82) is 0 Å². The third kappa shape index (κ3) is 3.52. The van der Waals surface area contributed by atoms with Crippen LogP contribution in [0.3, 0.4) is 0 Å². The van der Waals surface area contributed by atoms with Crippen molar-refractivity contribution in [3.63, 3.8) is 0 Å². The maximum atomic E-state index is 14.0. The van der Waals surface area contributed by atoms with E-state index < -0.39 is 27.4 Å². The zero-order valence-corrected chi connectivity index (χ0v) is 19.2. The van der Waals surface area contributed by atoms with E-state index in [1.807, 2.05) is 27.7 Å². The summed E-state index contributed by atoms with van der Waals surface area (Å²) in [6.07, 6.45) is 0.510. The first-order chi connectivity index (χ1) is 15.0. The first-order valence-corrected chi connectivity index (χ1v) is 11.9. The number of sulfonamides is 1. The number of carbonyl (C=O) groups excluding carboxylic acids is 1. The SMILES string of the molecule is CCc1cc(CN2C(=O)C(C3=NS(=O)(=O)c4ccccc43)=C(O)[C@@H]2C(C)(C)C)ccc1F. The molecule has 32 heavy (non-hydrogen) atoms. The maximum absolute atomic E-state index is 14.0. The Kier molecular flexibility index (Phi) is 5.24. The van der Waals surface area contributed by atoms with Crippen molar-refractivity contribution in [1.82, 2.24) is 4.90 Å². The first-order valence-electron chi connectivity index (χ1n) is 10.4. The van der Waals surface area contributed by atoms with E-state index in [4.69, 9.17) is 0 Å². The molecule has 0 unspecified atom stereocenters. The number of aryl methyl sites for hydroxylation is 1. The highest BCUT2D eigenvalue weighted by atomic mass is 32.2. The lowest BCUT2D eigenvalue weighted by Gasteiger charge is -2.35. The van der Waals surface area contributed by atoms with E-state index in [0.717, 1.165) is 5.56 Å². The van der Waals surface area contributed by atoms with Gasteiger partial charge in [-0.3, -0.25) is 4.79 Å². The molecule has 2 aromatic rings. The second kappa shape index (κ2) is 7.55. The molecule has 2 heterocycles. The van der Waals surface area contributed by atoms with Crippen molar-refractivity contribution in [2.24, 2.45) is 9.81 Å². The minimum Gasteiger partial charge on any atom is -0.509 e. The number of rotatable bonds is 4. The molecular formula is C24H25FN2O4S. The molecule has 6 nitrogen and oxygen atoms in total. The van der Waals surface area contributed by atoms with Gasteiger partial charge in [-0.05, 0) is 35.1 Å². The number of aliphatic hydroxyl groups is 1. The van der Waals surface area contributed by atoms with Gasteiger partial charge in [-0.15, -0.1) is 0 Å². The van der Waals surface area contributed by atoms with Crippen LogP contribution in [0.1, 0.15) is 44.4 Å². The molecule has 0 saturated heterocycles. The van der Waals surface area contributed by atoms with E-state index in [0.29, 0.717) is 17.5 Å². The lowest BCUT2D eigenvalue weighted by Crippen LogP contribution is -2.43. The summed E-state index contributed by atoms with van der Waals surface area (Å²) in [7, 11) is -3.95. The molecule has 0 aliphatic carbocycles. The van der Waals surface area contributed by atoms with Crippen molar-refractivity contribution in [3.05, 3.63) is 76.3 Å².